The van der Waals surface area contributed by atoms with Gasteiger partial charge in [-0.1, -0.05) is 12.2 Å². The molecule has 0 atom stereocenters. The van der Waals surface area contributed by atoms with Crippen LogP contribution in [0.5, 0.6) is 0 Å². The summed E-state index contributed by atoms with van der Waals surface area (Å²) < 4.78 is 35.8. The smallest absolute Gasteiger partial charge is 0.280 e. The molecule has 1 aromatic rings. The van der Waals surface area contributed by atoms with E-state index < -0.39 is 6.30 Å². The third kappa shape index (κ3) is 1.84. The number of rotatable bonds is 0. The van der Waals surface area contributed by atoms with Crippen molar-refractivity contribution in [2.24, 2.45) is 0 Å². The lowest BCUT2D eigenvalue weighted by Crippen LogP contribution is -2.16. The Morgan fingerprint density at radius 3 is 2.27 bits per heavy atom. The fourth-order valence-electron chi connectivity index (χ4n) is 0.504. The van der Waals surface area contributed by atoms with Crippen LogP contribution in [0, 0.1) is 4.64 Å². The Morgan fingerprint density at radius 1 is 1.55 bits per heavy atom. The highest BCUT2D eigenvalue weighted by Crippen LogP contribution is 2.23. The Balaban J connectivity index is 3.18. The van der Waals surface area contributed by atoms with Crippen LogP contribution in [-0.4, -0.2) is 9.78 Å². The van der Waals surface area contributed by atoms with Gasteiger partial charge in [0.2, 0.25) is 0 Å². The number of nitrogens with zero attached hydrogens (tertiary/aromatic N) is 1. The van der Waals surface area contributed by atoms with E-state index in [0.717, 1.165) is 6.20 Å². The van der Waals surface area contributed by atoms with Gasteiger partial charge in [0.05, 0.1) is 4.47 Å². The first-order valence-electron chi connectivity index (χ1n) is 2.45. The Kier molecular flexibility index (Phi) is 2.10. The van der Waals surface area contributed by atoms with Crippen LogP contribution in [0.15, 0.2) is 10.7 Å². The van der Waals surface area contributed by atoms with Crippen LogP contribution in [0.4, 0.5) is 13.2 Å². The van der Waals surface area contributed by atoms with Crippen LogP contribution in [0.1, 0.15) is 0 Å². The topological polar surface area (TPSA) is 20.7 Å². The first kappa shape index (κ1) is 8.79. The van der Waals surface area contributed by atoms with Crippen molar-refractivity contribution in [3.8, 4) is 0 Å². The van der Waals surface area contributed by atoms with Crippen molar-refractivity contribution in [3.05, 3.63) is 15.3 Å². The molecule has 0 saturated heterocycles. The molecule has 0 unspecified atom stereocenters. The number of aromatic amines is 1. The van der Waals surface area contributed by atoms with E-state index in [9.17, 15) is 13.2 Å². The zero-order valence-electron chi connectivity index (χ0n) is 4.94. The number of alkyl halides is 3. The number of H-pyrrole nitrogens is 1. The van der Waals surface area contributed by atoms with Gasteiger partial charge in [-0.15, -0.1) is 13.2 Å². The predicted octanol–water partition coefficient (Wildman–Crippen LogP) is 2.78. The van der Waals surface area contributed by atoms with E-state index in [2.05, 4.69) is 28.1 Å². The van der Waals surface area contributed by atoms with Gasteiger partial charge in [0.15, 0.2) is 0 Å². The largest absolute Gasteiger partial charge is 0.502 e. The average molecular weight is 247 g/mol. The molecule has 0 aliphatic carbocycles. The molecule has 2 nitrogen and oxygen atoms in total. The summed E-state index contributed by atoms with van der Waals surface area (Å²) in [6, 6.07) is 0. The molecular weight excluding hydrogens is 245 g/mol. The summed E-state index contributed by atoms with van der Waals surface area (Å²) in [5.74, 6) is 0. The summed E-state index contributed by atoms with van der Waals surface area (Å²) in [5, 5.41) is 1.94. The summed E-state index contributed by atoms with van der Waals surface area (Å²) in [6.07, 6.45) is -3.60. The molecule has 0 aromatic carbocycles. The number of nitrogens with one attached hydrogen (secondary N) is 1. The number of hydrogen-bond donors (Lipinski definition) is 1. The first-order valence-corrected chi connectivity index (χ1v) is 3.66. The molecule has 0 aliphatic heterocycles. The third-order valence-corrected chi connectivity index (χ3v) is 2.13. The lowest BCUT2D eigenvalue weighted by Gasteiger charge is -2.04. The van der Waals surface area contributed by atoms with Crippen molar-refractivity contribution in [1.29, 1.82) is 0 Å². The van der Waals surface area contributed by atoms with Crippen LogP contribution in [0.3, 0.4) is 0 Å². The van der Waals surface area contributed by atoms with Crippen LogP contribution in [0.2, 0.25) is 0 Å². The fourth-order valence-corrected chi connectivity index (χ4v) is 0.948. The van der Waals surface area contributed by atoms with Gasteiger partial charge in [-0.25, -0.2) is 0 Å². The van der Waals surface area contributed by atoms with Gasteiger partial charge >= 0.3 is 6.30 Å². The monoisotopic (exact) mass is 246 g/mol. The highest BCUT2D eigenvalue weighted by molar-refractivity contribution is 9.10. The van der Waals surface area contributed by atoms with Crippen LogP contribution >= 0.6 is 28.1 Å². The van der Waals surface area contributed by atoms with Gasteiger partial charge in [-0.3, -0.25) is 5.10 Å². The maximum absolute atomic E-state index is 11.8. The van der Waals surface area contributed by atoms with Crippen LogP contribution in [0.25, 0.3) is 0 Å². The van der Waals surface area contributed by atoms with E-state index in [1.165, 1.54) is 0 Å². The molecule has 11 heavy (non-hydrogen) atoms. The molecule has 0 bridgehead atoms. The number of aromatic nitrogens is 2. The van der Waals surface area contributed by atoms with E-state index >= 15 is 0 Å². The fraction of sp³-hybridized carbons (Fsp3) is 0.250. The van der Waals surface area contributed by atoms with Gasteiger partial charge in [-0.05, 0) is 15.9 Å². The molecule has 62 valence electrons. The average Bonchev–Trinajstić information content (AvgIpc) is 2.11. The molecule has 0 amide bonds. The van der Waals surface area contributed by atoms with Crippen molar-refractivity contribution in [1.82, 2.24) is 9.78 Å². The summed E-state index contributed by atoms with van der Waals surface area (Å²) >= 11 is 7.37. The molecule has 0 spiro atoms. The van der Waals surface area contributed by atoms with Crippen LogP contribution in [-0.2, 0) is 6.30 Å². The molecule has 0 saturated carbocycles. The SMILES string of the molecule is FC(F)(F)n1cc(Br)c(=S)[nH]1. The first-order chi connectivity index (χ1) is 4.91. The van der Waals surface area contributed by atoms with Gasteiger partial charge in [0.25, 0.3) is 0 Å². The quantitative estimate of drug-likeness (QED) is 0.699. The molecule has 1 rings (SSSR count). The second kappa shape index (κ2) is 2.63. The minimum absolute atomic E-state index is 0.0145. The van der Waals surface area contributed by atoms with E-state index in [1.54, 1.807) is 0 Å². The van der Waals surface area contributed by atoms with Crippen LogP contribution < -0.4 is 0 Å². The number of hydrogen-bond acceptors (Lipinski definition) is 1. The zero-order valence-corrected chi connectivity index (χ0v) is 7.35. The van der Waals surface area contributed by atoms with E-state index in [4.69, 9.17) is 0 Å². The molecule has 0 fully saturated rings. The molecule has 7 heteroatoms. The maximum Gasteiger partial charge on any atom is 0.502 e. The van der Waals surface area contributed by atoms with E-state index in [-0.39, 0.29) is 13.8 Å². The molecule has 0 aliphatic rings. The second-order valence-electron chi connectivity index (χ2n) is 1.76. The van der Waals surface area contributed by atoms with Gasteiger partial charge in [0, 0.05) is 6.20 Å². The number of halogens is 4. The lowest BCUT2D eigenvalue weighted by molar-refractivity contribution is -0.212. The maximum atomic E-state index is 11.8. The molecular formula is C4H2BrF3N2S. The third-order valence-electron chi connectivity index (χ3n) is 0.955. The Morgan fingerprint density at radius 2 is 2.09 bits per heavy atom. The second-order valence-corrected chi connectivity index (χ2v) is 3.02. The Hall–Kier alpha value is -0.300. The van der Waals surface area contributed by atoms with Crippen molar-refractivity contribution in [2.75, 3.05) is 0 Å². The van der Waals surface area contributed by atoms with Crippen molar-refractivity contribution >= 4 is 28.1 Å². The minimum atomic E-state index is -4.43. The Labute approximate surface area is 73.1 Å². The lowest BCUT2D eigenvalue weighted by atomic mass is 10.7. The molecule has 1 N–H and O–H groups in total. The molecule has 0 radical (unpaired) electrons. The normalized spacial score (nSPS) is 12.0. The van der Waals surface area contributed by atoms with Crippen molar-refractivity contribution in [3.63, 3.8) is 0 Å². The Bertz CT molecular complexity index is 312. The van der Waals surface area contributed by atoms with Crippen molar-refractivity contribution in [2.45, 2.75) is 6.30 Å². The van der Waals surface area contributed by atoms with E-state index in [1.807, 2.05) is 5.10 Å². The zero-order chi connectivity index (χ0) is 8.65. The summed E-state index contributed by atoms with van der Waals surface area (Å²) in [7, 11) is 0. The summed E-state index contributed by atoms with van der Waals surface area (Å²) in [5.41, 5.74) is 0. The molecule has 1 heterocycles. The van der Waals surface area contributed by atoms with Gasteiger partial charge in [0.1, 0.15) is 4.64 Å². The predicted molar refractivity (Wildman–Crippen MR) is 38.6 cm³/mol. The highest BCUT2D eigenvalue weighted by atomic mass is 79.9. The van der Waals surface area contributed by atoms with Gasteiger partial charge in [-0.2, -0.15) is 4.68 Å². The molecule has 1 aromatic heterocycles. The minimum Gasteiger partial charge on any atom is -0.280 e. The van der Waals surface area contributed by atoms with E-state index in [0.29, 0.717) is 0 Å². The van der Waals surface area contributed by atoms with Crippen molar-refractivity contribution < 1.29 is 13.2 Å². The standard InChI is InChI=1S/C4H2BrF3N2S/c5-2-1-10(4(6,7)8)9-3(2)11/h1H,(H,9,11). The van der Waals surface area contributed by atoms with Gasteiger partial charge < -0.3 is 0 Å². The summed E-state index contributed by atoms with van der Waals surface area (Å²) in [4.78, 5) is 0. The highest BCUT2D eigenvalue weighted by Gasteiger charge is 2.30. The summed E-state index contributed by atoms with van der Waals surface area (Å²) in [6.45, 7) is 0.